The lowest BCUT2D eigenvalue weighted by Gasteiger charge is -2.19. The van der Waals surface area contributed by atoms with Crippen LogP contribution in [0.2, 0.25) is 0 Å². The average molecular weight is 310 g/mol. The number of hydrogen-bond acceptors (Lipinski definition) is 1. The van der Waals surface area contributed by atoms with E-state index in [1.165, 1.54) is 35.8 Å². The zero-order valence-electron chi connectivity index (χ0n) is 11.5. The Bertz CT molecular complexity index is 371. The molecule has 1 aromatic rings. The largest absolute Gasteiger partial charge is 0.316 e. The van der Waals surface area contributed by atoms with Gasteiger partial charge in [0.2, 0.25) is 0 Å². The van der Waals surface area contributed by atoms with Gasteiger partial charge in [0, 0.05) is 4.47 Å². The van der Waals surface area contributed by atoms with Crippen LogP contribution in [0.15, 0.2) is 28.7 Å². The van der Waals surface area contributed by atoms with Crippen LogP contribution in [0.5, 0.6) is 0 Å². The summed E-state index contributed by atoms with van der Waals surface area (Å²) in [6, 6.07) is 8.64. The summed E-state index contributed by atoms with van der Waals surface area (Å²) in [5.74, 6) is 2.51. The first-order chi connectivity index (χ1) is 8.66. The molecule has 1 fully saturated rings. The lowest BCUT2D eigenvalue weighted by Crippen LogP contribution is -2.28. The Morgan fingerprint density at radius 2 is 1.94 bits per heavy atom. The van der Waals surface area contributed by atoms with E-state index >= 15 is 0 Å². The summed E-state index contributed by atoms with van der Waals surface area (Å²) in [6.07, 6.45) is 4.06. The van der Waals surface area contributed by atoms with Crippen molar-refractivity contribution in [2.75, 3.05) is 13.1 Å². The van der Waals surface area contributed by atoms with Gasteiger partial charge in [0.1, 0.15) is 0 Å². The van der Waals surface area contributed by atoms with E-state index in [1.54, 1.807) is 0 Å². The highest BCUT2D eigenvalue weighted by molar-refractivity contribution is 9.10. The molecular formula is C16H24BrN. The van der Waals surface area contributed by atoms with Crippen LogP contribution in [0.3, 0.4) is 0 Å². The molecule has 0 radical (unpaired) electrons. The molecule has 0 aromatic heterocycles. The average Bonchev–Trinajstić information content (AvgIpc) is 3.14. The third-order valence-electron chi connectivity index (χ3n) is 3.69. The van der Waals surface area contributed by atoms with Crippen LogP contribution in [0.1, 0.15) is 32.3 Å². The SMILES string of the molecule is CC(C)CNCC(Cc1ccccc1Br)C1CC1. The molecule has 0 aliphatic heterocycles. The van der Waals surface area contributed by atoms with Gasteiger partial charge in [-0.2, -0.15) is 0 Å². The molecule has 0 spiro atoms. The first-order valence-electron chi connectivity index (χ1n) is 7.11. The highest BCUT2D eigenvalue weighted by atomic mass is 79.9. The van der Waals surface area contributed by atoms with Crippen LogP contribution in [-0.4, -0.2) is 13.1 Å². The fourth-order valence-electron chi connectivity index (χ4n) is 2.48. The molecule has 1 saturated carbocycles. The lowest BCUT2D eigenvalue weighted by molar-refractivity contribution is 0.407. The van der Waals surface area contributed by atoms with Crippen LogP contribution in [0.4, 0.5) is 0 Å². The first kappa shape index (κ1) is 14.1. The summed E-state index contributed by atoms with van der Waals surface area (Å²) in [5, 5.41) is 3.63. The Kier molecular flexibility index (Phi) is 5.25. The molecule has 1 atom stereocenters. The smallest absolute Gasteiger partial charge is 0.0207 e. The second-order valence-corrected chi connectivity index (χ2v) is 6.80. The van der Waals surface area contributed by atoms with E-state index in [4.69, 9.17) is 0 Å². The van der Waals surface area contributed by atoms with Crippen molar-refractivity contribution < 1.29 is 0 Å². The van der Waals surface area contributed by atoms with Gasteiger partial charge in [-0.1, -0.05) is 48.0 Å². The van der Waals surface area contributed by atoms with Crippen molar-refractivity contribution in [1.82, 2.24) is 5.32 Å². The van der Waals surface area contributed by atoms with Gasteiger partial charge in [-0.3, -0.25) is 0 Å². The molecular weight excluding hydrogens is 286 g/mol. The highest BCUT2D eigenvalue weighted by Gasteiger charge is 2.31. The maximum atomic E-state index is 3.67. The van der Waals surface area contributed by atoms with Crippen molar-refractivity contribution >= 4 is 15.9 Å². The second kappa shape index (κ2) is 6.72. The van der Waals surface area contributed by atoms with Crippen molar-refractivity contribution in [3.8, 4) is 0 Å². The van der Waals surface area contributed by atoms with Crippen molar-refractivity contribution in [3.63, 3.8) is 0 Å². The maximum Gasteiger partial charge on any atom is 0.0207 e. The van der Waals surface area contributed by atoms with E-state index in [2.05, 4.69) is 59.4 Å². The third-order valence-corrected chi connectivity index (χ3v) is 4.46. The van der Waals surface area contributed by atoms with Gasteiger partial charge in [0.05, 0.1) is 0 Å². The van der Waals surface area contributed by atoms with E-state index in [9.17, 15) is 0 Å². The fraction of sp³-hybridized carbons (Fsp3) is 0.625. The Morgan fingerprint density at radius 3 is 2.56 bits per heavy atom. The number of hydrogen-bond donors (Lipinski definition) is 1. The number of nitrogens with one attached hydrogen (secondary N) is 1. The minimum atomic E-state index is 0.744. The van der Waals surface area contributed by atoms with Crippen LogP contribution in [0, 0.1) is 17.8 Å². The summed E-state index contributed by atoms with van der Waals surface area (Å²) in [7, 11) is 0. The number of rotatable bonds is 7. The van der Waals surface area contributed by atoms with Crippen LogP contribution in [-0.2, 0) is 6.42 Å². The van der Waals surface area contributed by atoms with Crippen molar-refractivity contribution in [2.24, 2.45) is 17.8 Å². The van der Waals surface area contributed by atoms with Gasteiger partial charge in [-0.25, -0.2) is 0 Å². The summed E-state index contributed by atoms with van der Waals surface area (Å²) in [6.45, 7) is 6.85. The van der Waals surface area contributed by atoms with Gasteiger partial charge >= 0.3 is 0 Å². The van der Waals surface area contributed by atoms with Gasteiger partial charge in [-0.05, 0) is 61.7 Å². The van der Waals surface area contributed by atoms with E-state index in [0.29, 0.717) is 0 Å². The van der Waals surface area contributed by atoms with Gasteiger partial charge in [-0.15, -0.1) is 0 Å². The molecule has 0 amide bonds. The van der Waals surface area contributed by atoms with Gasteiger partial charge in [0.15, 0.2) is 0 Å². The zero-order chi connectivity index (χ0) is 13.0. The Hall–Kier alpha value is -0.340. The quantitative estimate of drug-likeness (QED) is 0.793. The monoisotopic (exact) mass is 309 g/mol. The fourth-order valence-corrected chi connectivity index (χ4v) is 2.92. The summed E-state index contributed by atoms with van der Waals surface area (Å²) in [5.41, 5.74) is 1.46. The standard InChI is InChI=1S/C16H24BrN/c1-12(2)10-18-11-15(13-7-8-13)9-14-5-3-4-6-16(14)17/h3-6,12-13,15,18H,7-11H2,1-2H3. The minimum absolute atomic E-state index is 0.744. The lowest BCUT2D eigenvalue weighted by atomic mass is 9.94. The predicted octanol–water partition coefficient (Wildman–Crippen LogP) is 4.26. The zero-order valence-corrected chi connectivity index (χ0v) is 13.0. The molecule has 1 aromatic carbocycles. The first-order valence-corrected chi connectivity index (χ1v) is 7.90. The van der Waals surface area contributed by atoms with Crippen LogP contribution >= 0.6 is 15.9 Å². The topological polar surface area (TPSA) is 12.0 Å². The molecule has 1 nitrogen and oxygen atoms in total. The summed E-state index contributed by atoms with van der Waals surface area (Å²) < 4.78 is 1.26. The Balaban J connectivity index is 1.88. The Morgan fingerprint density at radius 1 is 1.22 bits per heavy atom. The number of benzene rings is 1. The molecule has 0 heterocycles. The molecule has 1 aliphatic rings. The minimum Gasteiger partial charge on any atom is -0.316 e. The van der Waals surface area contributed by atoms with E-state index in [-0.39, 0.29) is 0 Å². The molecule has 1 unspecified atom stereocenters. The van der Waals surface area contributed by atoms with Crippen molar-refractivity contribution in [2.45, 2.75) is 33.1 Å². The molecule has 2 heteroatoms. The maximum absolute atomic E-state index is 3.67. The van der Waals surface area contributed by atoms with Crippen LogP contribution < -0.4 is 5.32 Å². The Labute approximate surface area is 119 Å². The van der Waals surface area contributed by atoms with Gasteiger partial charge < -0.3 is 5.32 Å². The van der Waals surface area contributed by atoms with Crippen molar-refractivity contribution in [1.29, 1.82) is 0 Å². The van der Waals surface area contributed by atoms with Gasteiger partial charge in [0.25, 0.3) is 0 Å². The molecule has 18 heavy (non-hydrogen) atoms. The predicted molar refractivity (Wildman–Crippen MR) is 81.8 cm³/mol. The third kappa shape index (κ3) is 4.40. The van der Waals surface area contributed by atoms with E-state index in [0.717, 1.165) is 24.3 Å². The molecule has 0 saturated heterocycles. The molecule has 100 valence electrons. The normalized spacial score (nSPS) is 17.1. The molecule has 2 rings (SSSR count). The highest BCUT2D eigenvalue weighted by Crippen LogP contribution is 2.39. The van der Waals surface area contributed by atoms with Crippen molar-refractivity contribution in [3.05, 3.63) is 34.3 Å². The van der Waals surface area contributed by atoms with E-state index < -0.39 is 0 Å². The molecule has 1 N–H and O–H groups in total. The number of halogens is 1. The van der Waals surface area contributed by atoms with E-state index in [1.807, 2.05) is 0 Å². The molecule has 1 aliphatic carbocycles. The second-order valence-electron chi connectivity index (χ2n) is 5.95. The van der Waals surface area contributed by atoms with Crippen LogP contribution in [0.25, 0.3) is 0 Å². The summed E-state index contributed by atoms with van der Waals surface area (Å²) in [4.78, 5) is 0. The molecule has 0 bridgehead atoms. The summed E-state index contributed by atoms with van der Waals surface area (Å²) >= 11 is 3.67.